The van der Waals surface area contributed by atoms with Crippen molar-refractivity contribution in [3.05, 3.63) is 138 Å². The number of nitrogens with zero attached hydrogens (tertiary/aromatic N) is 4. The van der Waals surface area contributed by atoms with Crippen LogP contribution in [0.15, 0.2) is 121 Å². The van der Waals surface area contributed by atoms with Crippen molar-refractivity contribution in [2.75, 3.05) is 0 Å². The van der Waals surface area contributed by atoms with Gasteiger partial charge in [-0.05, 0) is 72.3 Å². The van der Waals surface area contributed by atoms with Crippen LogP contribution < -0.4 is 0 Å². The molecule has 0 saturated carbocycles. The molecular formula is C38H20F6N4. The summed E-state index contributed by atoms with van der Waals surface area (Å²) in [6.45, 7) is 0. The first-order chi connectivity index (χ1) is 23.0. The molecule has 48 heavy (non-hydrogen) atoms. The van der Waals surface area contributed by atoms with Gasteiger partial charge in [0, 0.05) is 27.1 Å². The molecule has 0 saturated heterocycles. The van der Waals surface area contributed by atoms with Crippen molar-refractivity contribution in [3.63, 3.8) is 0 Å². The van der Waals surface area contributed by atoms with Gasteiger partial charge in [0.1, 0.15) is 5.82 Å². The minimum atomic E-state index is -4.53. The van der Waals surface area contributed by atoms with E-state index in [0.29, 0.717) is 71.8 Å². The summed E-state index contributed by atoms with van der Waals surface area (Å²) in [6, 6.07) is 32.3. The fourth-order valence-electron chi connectivity index (χ4n) is 6.50. The van der Waals surface area contributed by atoms with E-state index in [-0.39, 0.29) is 0 Å². The summed E-state index contributed by atoms with van der Waals surface area (Å²) in [5.74, 6) is 0.421. The number of pyridine rings is 1. The maximum atomic E-state index is 13.8. The van der Waals surface area contributed by atoms with Crippen LogP contribution in [0.2, 0.25) is 0 Å². The summed E-state index contributed by atoms with van der Waals surface area (Å²) in [7, 11) is 0. The predicted molar refractivity (Wildman–Crippen MR) is 173 cm³/mol. The number of para-hydroxylation sites is 2. The molecule has 0 aliphatic rings. The van der Waals surface area contributed by atoms with E-state index in [1.165, 1.54) is 12.1 Å². The van der Waals surface area contributed by atoms with E-state index >= 15 is 0 Å². The normalized spacial score (nSPS) is 12.4. The minimum absolute atomic E-state index is 0.411. The summed E-state index contributed by atoms with van der Waals surface area (Å²) < 4.78 is 86.2. The molecule has 4 nitrogen and oxygen atoms in total. The number of aromatic nitrogens is 3. The molecule has 0 atom stereocenters. The summed E-state index contributed by atoms with van der Waals surface area (Å²) in [4.78, 5) is 4.83. The van der Waals surface area contributed by atoms with Gasteiger partial charge >= 0.3 is 12.4 Å². The van der Waals surface area contributed by atoms with E-state index < -0.39 is 23.5 Å². The molecule has 0 bridgehead atoms. The van der Waals surface area contributed by atoms with Crippen LogP contribution in [0.25, 0.3) is 66.2 Å². The van der Waals surface area contributed by atoms with Crippen LogP contribution in [0.5, 0.6) is 0 Å². The number of alkyl halides is 6. The molecule has 0 amide bonds. The molecule has 5 aromatic carbocycles. The van der Waals surface area contributed by atoms with Crippen molar-refractivity contribution in [2.24, 2.45) is 0 Å². The first kappa shape index (κ1) is 29.3. The van der Waals surface area contributed by atoms with Crippen LogP contribution >= 0.6 is 0 Å². The Hall–Kier alpha value is -6.08. The van der Waals surface area contributed by atoms with E-state index in [9.17, 15) is 31.6 Å². The fourth-order valence-corrected chi connectivity index (χ4v) is 6.50. The average molecular weight is 647 g/mol. The first-order valence-corrected chi connectivity index (χ1v) is 14.7. The Bertz CT molecular complexity index is 2600. The monoisotopic (exact) mass is 646 g/mol. The van der Waals surface area contributed by atoms with Crippen molar-refractivity contribution < 1.29 is 26.3 Å². The fraction of sp³-hybridized carbons (Fsp3) is 0.0526. The topological polar surface area (TPSA) is 46.5 Å². The molecule has 0 fully saturated rings. The van der Waals surface area contributed by atoms with Gasteiger partial charge in [-0.1, -0.05) is 48.5 Å². The van der Waals surface area contributed by atoms with E-state index in [1.807, 2.05) is 22.8 Å². The second-order valence-corrected chi connectivity index (χ2v) is 11.4. The molecule has 0 N–H and O–H groups in total. The van der Waals surface area contributed by atoms with Crippen LogP contribution in [0.4, 0.5) is 26.3 Å². The Morgan fingerprint density at radius 1 is 0.542 bits per heavy atom. The minimum Gasteiger partial charge on any atom is -0.307 e. The number of hydrogen-bond acceptors (Lipinski definition) is 2. The van der Waals surface area contributed by atoms with E-state index in [0.717, 1.165) is 24.3 Å². The SMILES string of the molecule is N#Cc1ccc(-c2cc(-n3c4ccccc4c4cc(C(F)(F)F)ccc43)ncc2-n2c3ccccc3c3cc(C(F)(F)F)ccc32)cc1. The second-order valence-electron chi connectivity index (χ2n) is 11.4. The Morgan fingerprint density at radius 2 is 1.04 bits per heavy atom. The molecule has 0 spiro atoms. The van der Waals surface area contributed by atoms with Gasteiger partial charge in [-0.2, -0.15) is 31.6 Å². The molecule has 0 aliphatic carbocycles. The zero-order valence-electron chi connectivity index (χ0n) is 24.6. The number of halogens is 6. The van der Waals surface area contributed by atoms with Gasteiger partial charge in [0.15, 0.2) is 0 Å². The highest BCUT2D eigenvalue weighted by Gasteiger charge is 2.32. The first-order valence-electron chi connectivity index (χ1n) is 14.7. The number of hydrogen-bond donors (Lipinski definition) is 0. The van der Waals surface area contributed by atoms with Crippen molar-refractivity contribution in [2.45, 2.75) is 12.4 Å². The molecule has 234 valence electrons. The number of benzene rings is 5. The quantitative estimate of drug-likeness (QED) is 0.179. The van der Waals surface area contributed by atoms with Gasteiger partial charge < -0.3 is 4.57 Å². The third kappa shape index (κ3) is 4.58. The smallest absolute Gasteiger partial charge is 0.307 e. The lowest BCUT2D eigenvalue weighted by molar-refractivity contribution is -0.138. The van der Waals surface area contributed by atoms with E-state index in [1.54, 1.807) is 71.4 Å². The van der Waals surface area contributed by atoms with Crippen molar-refractivity contribution in [3.8, 4) is 28.7 Å². The maximum absolute atomic E-state index is 13.8. The molecule has 3 heterocycles. The zero-order chi connectivity index (χ0) is 33.4. The van der Waals surface area contributed by atoms with Crippen molar-refractivity contribution in [1.29, 1.82) is 5.26 Å². The van der Waals surface area contributed by atoms with Crippen LogP contribution in [0, 0.1) is 11.3 Å². The summed E-state index contributed by atoms with van der Waals surface area (Å²) in [6.07, 6.45) is -7.43. The molecular weight excluding hydrogens is 626 g/mol. The van der Waals surface area contributed by atoms with Gasteiger partial charge in [0.05, 0.1) is 56.7 Å². The van der Waals surface area contributed by atoms with Crippen LogP contribution in [-0.4, -0.2) is 14.1 Å². The van der Waals surface area contributed by atoms with Gasteiger partial charge in [-0.25, -0.2) is 4.98 Å². The molecule has 8 aromatic rings. The Kier molecular flexibility index (Phi) is 6.40. The molecule has 3 aromatic heterocycles. The Labute approximate surface area is 268 Å². The predicted octanol–water partition coefficient (Wildman–Crippen LogP) is 10.9. The van der Waals surface area contributed by atoms with Crippen molar-refractivity contribution in [1.82, 2.24) is 14.1 Å². The summed E-state index contributed by atoms with van der Waals surface area (Å²) in [5, 5.41) is 11.5. The lowest BCUT2D eigenvalue weighted by Gasteiger charge is -2.17. The molecule has 0 aliphatic heterocycles. The average Bonchev–Trinajstić information content (AvgIpc) is 3.59. The van der Waals surface area contributed by atoms with Crippen LogP contribution in [0.1, 0.15) is 16.7 Å². The summed E-state index contributed by atoms with van der Waals surface area (Å²) >= 11 is 0. The number of nitriles is 1. The lowest BCUT2D eigenvalue weighted by Crippen LogP contribution is -2.05. The zero-order valence-corrected chi connectivity index (χ0v) is 24.6. The van der Waals surface area contributed by atoms with Gasteiger partial charge in [0.2, 0.25) is 0 Å². The highest BCUT2D eigenvalue weighted by molar-refractivity contribution is 6.11. The lowest BCUT2D eigenvalue weighted by atomic mass is 10.0. The standard InChI is InChI=1S/C38H20F6N4/c39-37(40,41)24-13-15-33-29(17-24)26-5-1-3-7-31(26)47(33)35-21-46-36(19-28(35)23-11-9-22(20-45)10-12-23)48-32-8-4-2-6-27(32)30-18-25(38(42,43)44)14-16-34(30)48/h1-19,21H. The van der Waals surface area contributed by atoms with Gasteiger partial charge in [-0.3, -0.25) is 4.57 Å². The van der Waals surface area contributed by atoms with E-state index in [2.05, 4.69) is 6.07 Å². The number of fused-ring (bicyclic) bond motifs is 6. The number of rotatable bonds is 3. The third-order valence-electron chi connectivity index (χ3n) is 8.66. The van der Waals surface area contributed by atoms with Gasteiger partial charge in [-0.15, -0.1) is 0 Å². The Morgan fingerprint density at radius 3 is 1.58 bits per heavy atom. The molecule has 0 radical (unpaired) electrons. The molecule has 8 rings (SSSR count). The summed E-state index contributed by atoms with van der Waals surface area (Å²) in [5.41, 5.74) is 3.18. The van der Waals surface area contributed by atoms with Crippen LogP contribution in [0.3, 0.4) is 0 Å². The van der Waals surface area contributed by atoms with Crippen LogP contribution in [-0.2, 0) is 12.4 Å². The largest absolute Gasteiger partial charge is 0.416 e. The van der Waals surface area contributed by atoms with Crippen molar-refractivity contribution >= 4 is 43.6 Å². The maximum Gasteiger partial charge on any atom is 0.416 e. The third-order valence-corrected chi connectivity index (χ3v) is 8.66. The highest BCUT2D eigenvalue weighted by Crippen LogP contribution is 2.41. The highest BCUT2D eigenvalue weighted by atomic mass is 19.4. The van der Waals surface area contributed by atoms with E-state index in [4.69, 9.17) is 4.98 Å². The molecule has 10 heteroatoms. The van der Waals surface area contributed by atoms with Gasteiger partial charge in [0.25, 0.3) is 0 Å². The Balaban J connectivity index is 1.44. The molecule has 0 unspecified atom stereocenters. The second kappa shape index (κ2) is 10.5.